The maximum Gasteiger partial charge on any atom is 0.131 e. The predicted octanol–water partition coefficient (Wildman–Crippen LogP) is 3.63. The first-order chi connectivity index (χ1) is 12.8. The van der Waals surface area contributed by atoms with E-state index in [0.29, 0.717) is 5.92 Å². The molecule has 2 N–H and O–H groups in total. The van der Waals surface area contributed by atoms with Crippen LogP contribution in [0.25, 0.3) is 0 Å². The highest BCUT2D eigenvalue weighted by atomic mass is 15.1. The molecular formula is C20H24N6. The van der Waals surface area contributed by atoms with Gasteiger partial charge in [-0.3, -0.25) is 4.90 Å². The number of piperidine rings is 1. The lowest BCUT2D eigenvalue weighted by Crippen LogP contribution is -2.32. The fraction of sp³-hybridized carbons (Fsp3) is 0.350. The maximum absolute atomic E-state index is 4.49. The molecule has 1 aliphatic rings. The molecule has 0 aromatic carbocycles. The van der Waals surface area contributed by atoms with Crippen molar-refractivity contribution in [1.82, 2.24) is 24.8 Å². The molecule has 0 amide bonds. The van der Waals surface area contributed by atoms with Gasteiger partial charge in [0.1, 0.15) is 11.6 Å². The molecule has 26 heavy (non-hydrogen) atoms. The quantitative estimate of drug-likeness (QED) is 0.737. The fourth-order valence-electron chi connectivity index (χ4n) is 3.55. The second-order valence-corrected chi connectivity index (χ2v) is 6.89. The maximum atomic E-state index is 4.49. The summed E-state index contributed by atoms with van der Waals surface area (Å²) < 4.78 is 0. The van der Waals surface area contributed by atoms with Gasteiger partial charge < -0.3 is 10.3 Å². The SMILES string of the molecule is Cc1cccc(Nc2cc(C3CCN(Cc4cnc[nH]4)CC3)ccn2)n1. The Balaban J connectivity index is 1.38. The third kappa shape index (κ3) is 4.08. The molecule has 134 valence electrons. The Morgan fingerprint density at radius 3 is 2.85 bits per heavy atom. The molecule has 0 aliphatic carbocycles. The van der Waals surface area contributed by atoms with Crippen LogP contribution in [0.3, 0.4) is 0 Å². The molecule has 3 aromatic heterocycles. The lowest BCUT2D eigenvalue weighted by atomic mass is 9.90. The van der Waals surface area contributed by atoms with Crippen LogP contribution in [0.2, 0.25) is 0 Å². The number of anilines is 2. The van der Waals surface area contributed by atoms with Gasteiger partial charge >= 0.3 is 0 Å². The number of aromatic amines is 1. The third-order valence-corrected chi connectivity index (χ3v) is 4.94. The first kappa shape index (κ1) is 16.7. The molecule has 1 fully saturated rings. The van der Waals surface area contributed by atoms with Crippen LogP contribution >= 0.6 is 0 Å². The van der Waals surface area contributed by atoms with Crippen molar-refractivity contribution in [1.29, 1.82) is 0 Å². The summed E-state index contributed by atoms with van der Waals surface area (Å²) in [5.41, 5.74) is 3.54. The van der Waals surface area contributed by atoms with Crippen molar-refractivity contribution in [3.8, 4) is 0 Å². The minimum Gasteiger partial charge on any atom is -0.347 e. The molecule has 1 saturated heterocycles. The summed E-state index contributed by atoms with van der Waals surface area (Å²) in [6.07, 6.45) is 7.88. The first-order valence-corrected chi connectivity index (χ1v) is 9.12. The monoisotopic (exact) mass is 348 g/mol. The molecule has 6 heteroatoms. The van der Waals surface area contributed by atoms with Crippen LogP contribution < -0.4 is 5.32 Å². The van der Waals surface area contributed by atoms with Crippen molar-refractivity contribution >= 4 is 11.6 Å². The van der Waals surface area contributed by atoms with Crippen LogP contribution in [0.15, 0.2) is 49.1 Å². The second kappa shape index (κ2) is 7.66. The highest BCUT2D eigenvalue weighted by molar-refractivity contribution is 5.52. The molecule has 3 aromatic rings. The Bertz CT molecular complexity index is 837. The van der Waals surface area contributed by atoms with Gasteiger partial charge in [-0.1, -0.05) is 6.07 Å². The average molecular weight is 348 g/mol. The average Bonchev–Trinajstić information content (AvgIpc) is 3.16. The van der Waals surface area contributed by atoms with E-state index >= 15 is 0 Å². The van der Waals surface area contributed by atoms with E-state index in [9.17, 15) is 0 Å². The Morgan fingerprint density at radius 1 is 1.19 bits per heavy atom. The highest BCUT2D eigenvalue weighted by Crippen LogP contribution is 2.29. The first-order valence-electron chi connectivity index (χ1n) is 9.12. The smallest absolute Gasteiger partial charge is 0.131 e. The van der Waals surface area contributed by atoms with Gasteiger partial charge in [0.05, 0.1) is 6.33 Å². The summed E-state index contributed by atoms with van der Waals surface area (Å²) in [7, 11) is 0. The van der Waals surface area contributed by atoms with Crippen molar-refractivity contribution in [3.63, 3.8) is 0 Å². The zero-order chi connectivity index (χ0) is 17.8. The number of hydrogen-bond acceptors (Lipinski definition) is 5. The van der Waals surface area contributed by atoms with Crippen LogP contribution in [0.5, 0.6) is 0 Å². The normalized spacial score (nSPS) is 15.9. The lowest BCUT2D eigenvalue weighted by molar-refractivity contribution is 0.203. The van der Waals surface area contributed by atoms with Crippen LogP contribution in [-0.4, -0.2) is 37.9 Å². The number of pyridine rings is 2. The Labute approximate surface area is 153 Å². The summed E-state index contributed by atoms with van der Waals surface area (Å²) in [5.74, 6) is 2.28. The Morgan fingerprint density at radius 2 is 2.08 bits per heavy atom. The van der Waals surface area contributed by atoms with Gasteiger partial charge in [0.25, 0.3) is 0 Å². The summed E-state index contributed by atoms with van der Waals surface area (Å²) in [6, 6.07) is 10.3. The number of hydrogen-bond donors (Lipinski definition) is 2. The van der Waals surface area contributed by atoms with Crippen LogP contribution in [0.1, 0.15) is 35.7 Å². The molecule has 0 saturated carbocycles. The van der Waals surface area contributed by atoms with E-state index in [-0.39, 0.29) is 0 Å². The number of imidazole rings is 1. The van der Waals surface area contributed by atoms with Crippen molar-refractivity contribution < 1.29 is 0 Å². The van der Waals surface area contributed by atoms with E-state index in [1.165, 1.54) is 24.1 Å². The number of rotatable bonds is 5. The number of nitrogens with zero attached hydrogens (tertiary/aromatic N) is 4. The van der Waals surface area contributed by atoms with Gasteiger partial charge in [0.15, 0.2) is 0 Å². The number of aromatic nitrogens is 4. The van der Waals surface area contributed by atoms with Gasteiger partial charge in [-0.05, 0) is 68.6 Å². The highest BCUT2D eigenvalue weighted by Gasteiger charge is 2.21. The second-order valence-electron chi connectivity index (χ2n) is 6.89. The molecular weight excluding hydrogens is 324 g/mol. The zero-order valence-electron chi connectivity index (χ0n) is 15.0. The van der Waals surface area contributed by atoms with Crippen LogP contribution in [-0.2, 0) is 6.54 Å². The molecule has 1 aliphatic heterocycles. The molecule has 6 nitrogen and oxygen atoms in total. The number of nitrogens with one attached hydrogen (secondary N) is 2. The van der Waals surface area contributed by atoms with Crippen LogP contribution in [0.4, 0.5) is 11.6 Å². The summed E-state index contributed by atoms with van der Waals surface area (Å²) in [6.45, 7) is 5.16. The standard InChI is InChI=1S/C20H24N6/c1-15-3-2-4-19(24-15)25-20-11-17(5-8-22-20)16-6-9-26(10-7-16)13-18-12-21-14-23-18/h2-5,8,11-12,14,16H,6-7,9-10,13H2,1H3,(H,21,23)(H,22,24,25). The number of H-pyrrole nitrogens is 1. The lowest BCUT2D eigenvalue weighted by Gasteiger charge is -2.31. The predicted molar refractivity (Wildman–Crippen MR) is 102 cm³/mol. The van der Waals surface area contributed by atoms with Crippen LogP contribution in [0, 0.1) is 6.92 Å². The summed E-state index contributed by atoms with van der Waals surface area (Å²) >= 11 is 0. The Kier molecular flexibility index (Phi) is 4.93. The third-order valence-electron chi connectivity index (χ3n) is 4.94. The summed E-state index contributed by atoms with van der Waals surface area (Å²) in [4.78, 5) is 18.7. The van der Waals surface area contributed by atoms with E-state index in [2.05, 4.69) is 42.3 Å². The van der Waals surface area contributed by atoms with Gasteiger partial charge in [0.2, 0.25) is 0 Å². The minimum atomic E-state index is 0.585. The van der Waals surface area contributed by atoms with E-state index in [1.807, 2.05) is 37.5 Å². The van der Waals surface area contributed by atoms with E-state index in [4.69, 9.17) is 0 Å². The topological polar surface area (TPSA) is 69.7 Å². The molecule has 0 bridgehead atoms. The van der Waals surface area contributed by atoms with Crippen molar-refractivity contribution in [2.75, 3.05) is 18.4 Å². The molecule has 0 spiro atoms. The van der Waals surface area contributed by atoms with Crippen molar-refractivity contribution in [2.24, 2.45) is 0 Å². The molecule has 0 radical (unpaired) electrons. The van der Waals surface area contributed by atoms with Gasteiger partial charge in [-0.2, -0.15) is 0 Å². The molecule has 0 atom stereocenters. The van der Waals surface area contributed by atoms with Crippen molar-refractivity contribution in [3.05, 3.63) is 66.0 Å². The van der Waals surface area contributed by atoms with Crippen molar-refractivity contribution in [2.45, 2.75) is 32.2 Å². The molecule has 0 unspecified atom stereocenters. The Hall–Kier alpha value is -2.73. The zero-order valence-corrected chi connectivity index (χ0v) is 15.0. The van der Waals surface area contributed by atoms with Gasteiger partial charge in [0, 0.05) is 30.3 Å². The van der Waals surface area contributed by atoms with E-state index in [1.54, 1.807) is 6.33 Å². The van der Waals surface area contributed by atoms with Gasteiger partial charge in [-0.15, -0.1) is 0 Å². The van der Waals surface area contributed by atoms with Gasteiger partial charge in [-0.25, -0.2) is 15.0 Å². The largest absolute Gasteiger partial charge is 0.347 e. The summed E-state index contributed by atoms with van der Waals surface area (Å²) in [5, 5.41) is 3.32. The number of aryl methyl sites for hydroxylation is 1. The fourth-order valence-corrected chi connectivity index (χ4v) is 3.55. The minimum absolute atomic E-state index is 0.585. The van der Waals surface area contributed by atoms with E-state index < -0.39 is 0 Å². The number of likely N-dealkylation sites (tertiary alicyclic amines) is 1. The molecule has 4 rings (SSSR count). The molecule has 4 heterocycles. The van der Waals surface area contributed by atoms with E-state index in [0.717, 1.165) is 37.0 Å².